The van der Waals surface area contributed by atoms with E-state index < -0.39 is 11.8 Å². The van der Waals surface area contributed by atoms with Crippen LogP contribution in [-0.4, -0.2) is 22.7 Å². The van der Waals surface area contributed by atoms with Crippen molar-refractivity contribution >= 4 is 46.7 Å². The van der Waals surface area contributed by atoms with Gasteiger partial charge in [0.05, 0.1) is 5.69 Å². The monoisotopic (exact) mass is 444 g/mol. The molecule has 6 nitrogen and oxygen atoms in total. The number of furan rings is 1. The molecule has 1 aromatic heterocycles. The number of benzene rings is 2. The molecule has 1 N–H and O–H groups in total. The Bertz CT molecular complexity index is 1270. The molecule has 4 rings (SSSR count). The Kier molecular flexibility index (Phi) is 5.83. The van der Waals surface area contributed by atoms with Crippen LogP contribution >= 0.6 is 12.2 Å². The van der Waals surface area contributed by atoms with Crippen LogP contribution < -0.4 is 10.2 Å². The first kappa shape index (κ1) is 21.4. The second kappa shape index (κ2) is 8.72. The van der Waals surface area contributed by atoms with Gasteiger partial charge in [0.15, 0.2) is 10.9 Å². The summed E-state index contributed by atoms with van der Waals surface area (Å²) in [7, 11) is 0. The lowest BCUT2D eigenvalue weighted by Crippen LogP contribution is -2.54. The second-order valence-corrected chi connectivity index (χ2v) is 7.70. The van der Waals surface area contributed by atoms with Crippen molar-refractivity contribution in [3.63, 3.8) is 0 Å². The average molecular weight is 445 g/mol. The van der Waals surface area contributed by atoms with Gasteiger partial charge < -0.3 is 4.42 Å². The fraction of sp³-hybridized carbons (Fsp3) is 0.120. The molecule has 0 atom stereocenters. The molecule has 2 heterocycles. The number of amides is 2. The first-order valence-electron chi connectivity index (χ1n) is 10.1. The number of carbonyl (C=O) groups excluding carboxylic acids is 3. The van der Waals surface area contributed by atoms with Gasteiger partial charge in [-0.3, -0.25) is 24.6 Å². The van der Waals surface area contributed by atoms with Crippen LogP contribution in [0.2, 0.25) is 0 Å². The molecule has 1 fully saturated rings. The van der Waals surface area contributed by atoms with Crippen molar-refractivity contribution in [3.8, 4) is 11.3 Å². The lowest BCUT2D eigenvalue weighted by Gasteiger charge is -2.28. The number of hydrogen-bond acceptors (Lipinski definition) is 5. The molecule has 2 amide bonds. The smallest absolute Gasteiger partial charge is 0.270 e. The normalized spacial score (nSPS) is 15.2. The quantitative estimate of drug-likeness (QED) is 0.270. The van der Waals surface area contributed by atoms with E-state index >= 15 is 0 Å². The molecule has 7 heteroatoms. The minimum atomic E-state index is -0.585. The summed E-state index contributed by atoms with van der Waals surface area (Å²) in [5.41, 5.74) is 2.90. The third kappa shape index (κ3) is 4.15. The van der Waals surface area contributed by atoms with Crippen molar-refractivity contribution in [1.29, 1.82) is 0 Å². The number of Topliss-reactive ketones (excluding diaryl/α,β-unsaturated/α-hetero) is 1. The van der Waals surface area contributed by atoms with E-state index in [9.17, 15) is 14.4 Å². The Morgan fingerprint density at radius 2 is 1.84 bits per heavy atom. The number of carbonyl (C=O) groups is 3. The van der Waals surface area contributed by atoms with E-state index in [1.54, 1.807) is 42.5 Å². The van der Waals surface area contributed by atoms with Crippen LogP contribution in [0.25, 0.3) is 17.4 Å². The van der Waals surface area contributed by atoms with Gasteiger partial charge >= 0.3 is 0 Å². The zero-order valence-electron chi connectivity index (χ0n) is 17.5. The summed E-state index contributed by atoms with van der Waals surface area (Å²) in [6.07, 6.45) is 2.27. The lowest BCUT2D eigenvalue weighted by molar-refractivity contribution is -0.122. The van der Waals surface area contributed by atoms with Gasteiger partial charge in [-0.25, -0.2) is 0 Å². The molecule has 1 aliphatic heterocycles. The van der Waals surface area contributed by atoms with E-state index in [2.05, 4.69) is 5.32 Å². The first-order chi connectivity index (χ1) is 15.4. The number of anilines is 1. The van der Waals surface area contributed by atoms with Crippen LogP contribution in [-0.2, 0) is 16.0 Å². The van der Waals surface area contributed by atoms with Crippen molar-refractivity contribution in [2.24, 2.45) is 0 Å². The third-order valence-corrected chi connectivity index (χ3v) is 5.46. The van der Waals surface area contributed by atoms with Gasteiger partial charge in [-0.1, -0.05) is 37.3 Å². The van der Waals surface area contributed by atoms with Gasteiger partial charge in [0.25, 0.3) is 11.8 Å². The minimum absolute atomic E-state index is 0.0302. The topological polar surface area (TPSA) is 79.6 Å². The van der Waals surface area contributed by atoms with Gasteiger partial charge in [0.2, 0.25) is 0 Å². The van der Waals surface area contributed by atoms with E-state index in [0.717, 1.165) is 17.5 Å². The van der Waals surface area contributed by atoms with Crippen molar-refractivity contribution < 1.29 is 18.8 Å². The Morgan fingerprint density at radius 3 is 2.53 bits per heavy atom. The Labute approximate surface area is 190 Å². The molecule has 1 saturated heterocycles. The summed E-state index contributed by atoms with van der Waals surface area (Å²) in [5.74, 6) is -0.308. The van der Waals surface area contributed by atoms with Crippen LogP contribution in [0.5, 0.6) is 0 Å². The Hall–Kier alpha value is -3.84. The van der Waals surface area contributed by atoms with Crippen molar-refractivity contribution in [1.82, 2.24) is 5.32 Å². The van der Waals surface area contributed by atoms with E-state index in [1.807, 2.05) is 25.1 Å². The van der Waals surface area contributed by atoms with Crippen LogP contribution in [0.4, 0.5) is 5.69 Å². The molecule has 160 valence electrons. The van der Waals surface area contributed by atoms with Crippen LogP contribution in [0, 0.1) is 0 Å². The number of hydrogen-bond donors (Lipinski definition) is 1. The number of ketones is 1. The van der Waals surface area contributed by atoms with Crippen LogP contribution in [0.3, 0.4) is 0 Å². The number of thiocarbonyl (C=S) groups is 1. The minimum Gasteiger partial charge on any atom is -0.457 e. The third-order valence-electron chi connectivity index (χ3n) is 5.17. The summed E-state index contributed by atoms with van der Waals surface area (Å²) in [5, 5.41) is 2.60. The molecule has 0 spiro atoms. The molecule has 0 saturated carbocycles. The van der Waals surface area contributed by atoms with E-state index in [1.165, 1.54) is 17.9 Å². The molecule has 2 aromatic carbocycles. The van der Waals surface area contributed by atoms with Gasteiger partial charge in [-0.15, -0.1) is 0 Å². The first-order valence-corrected chi connectivity index (χ1v) is 10.5. The molecule has 1 aliphatic rings. The fourth-order valence-corrected chi connectivity index (χ4v) is 3.67. The second-order valence-electron chi connectivity index (χ2n) is 7.32. The molecule has 0 bridgehead atoms. The molecular weight excluding hydrogens is 424 g/mol. The molecule has 0 aliphatic carbocycles. The van der Waals surface area contributed by atoms with E-state index in [-0.39, 0.29) is 16.5 Å². The molecular formula is C25H20N2O4S. The Morgan fingerprint density at radius 1 is 1.09 bits per heavy atom. The summed E-state index contributed by atoms with van der Waals surface area (Å²) in [6.45, 7) is 3.54. The van der Waals surface area contributed by atoms with Crippen molar-refractivity contribution in [2.75, 3.05) is 4.90 Å². The highest BCUT2D eigenvalue weighted by Gasteiger charge is 2.34. The molecule has 3 aromatic rings. The summed E-state index contributed by atoms with van der Waals surface area (Å²) in [6, 6.07) is 17.9. The zero-order valence-corrected chi connectivity index (χ0v) is 18.4. The van der Waals surface area contributed by atoms with E-state index in [0.29, 0.717) is 22.8 Å². The Balaban J connectivity index is 1.65. The number of nitrogens with one attached hydrogen (secondary N) is 1. The van der Waals surface area contributed by atoms with Gasteiger partial charge in [0.1, 0.15) is 17.1 Å². The SMILES string of the molecule is CCc1ccc(N2C(=O)/C(=C/c3ccc(-c4cccc(C(C)=O)c4)o3)C(=O)NC2=S)cc1. The maximum atomic E-state index is 13.1. The average Bonchev–Trinajstić information content (AvgIpc) is 3.26. The predicted molar refractivity (Wildman–Crippen MR) is 126 cm³/mol. The van der Waals surface area contributed by atoms with Gasteiger partial charge in [-0.2, -0.15) is 0 Å². The zero-order chi connectivity index (χ0) is 22.8. The van der Waals surface area contributed by atoms with E-state index in [4.69, 9.17) is 16.6 Å². The number of nitrogens with zero attached hydrogens (tertiary/aromatic N) is 1. The van der Waals surface area contributed by atoms with Gasteiger partial charge in [0, 0.05) is 11.1 Å². The van der Waals surface area contributed by atoms with Gasteiger partial charge in [-0.05, 0) is 67.5 Å². The lowest BCUT2D eigenvalue weighted by atomic mass is 10.1. The largest absolute Gasteiger partial charge is 0.457 e. The molecule has 0 unspecified atom stereocenters. The highest BCUT2D eigenvalue weighted by Crippen LogP contribution is 2.27. The summed E-state index contributed by atoms with van der Waals surface area (Å²) < 4.78 is 5.83. The van der Waals surface area contributed by atoms with Crippen LogP contribution in [0.15, 0.2) is 70.7 Å². The fourth-order valence-electron chi connectivity index (χ4n) is 3.39. The van der Waals surface area contributed by atoms with Crippen molar-refractivity contribution in [2.45, 2.75) is 20.3 Å². The molecule has 32 heavy (non-hydrogen) atoms. The maximum absolute atomic E-state index is 13.1. The summed E-state index contributed by atoms with van der Waals surface area (Å²) >= 11 is 5.24. The standard InChI is InChI=1S/C25H20N2O4S/c1-3-16-7-9-19(10-8-16)27-24(30)21(23(29)26-25(27)32)14-20-11-12-22(31-20)18-6-4-5-17(13-18)15(2)28/h4-14H,3H2,1-2H3,(H,26,29,32)/b21-14+. The maximum Gasteiger partial charge on any atom is 0.270 e. The highest BCUT2D eigenvalue weighted by molar-refractivity contribution is 7.80. The summed E-state index contributed by atoms with van der Waals surface area (Å²) in [4.78, 5) is 38.6. The number of rotatable bonds is 5. The van der Waals surface area contributed by atoms with Crippen molar-refractivity contribution in [3.05, 3.63) is 83.1 Å². The predicted octanol–water partition coefficient (Wildman–Crippen LogP) is 4.54. The van der Waals surface area contributed by atoms with Crippen LogP contribution in [0.1, 0.15) is 35.5 Å². The number of aryl methyl sites for hydroxylation is 1. The highest BCUT2D eigenvalue weighted by atomic mass is 32.1. The molecule has 0 radical (unpaired) electrons.